The van der Waals surface area contributed by atoms with Crippen molar-refractivity contribution in [2.75, 3.05) is 20.6 Å². The normalized spacial score (nSPS) is 11.1. The number of benzene rings is 1. The van der Waals surface area contributed by atoms with Crippen molar-refractivity contribution in [1.82, 2.24) is 24.2 Å². The largest absolute Gasteiger partial charge is 0.478 e. The molecule has 0 spiro atoms. The summed E-state index contributed by atoms with van der Waals surface area (Å²) in [6.45, 7) is 1.69. The van der Waals surface area contributed by atoms with Gasteiger partial charge in [-0.25, -0.2) is 19.3 Å². The Balaban J connectivity index is 0.000000343. The first-order valence-electron chi connectivity index (χ1n) is 9.12. The Morgan fingerprint density at radius 3 is 2.40 bits per heavy atom. The molecule has 3 rings (SSSR count). The van der Waals surface area contributed by atoms with E-state index in [-0.39, 0.29) is 6.73 Å². The highest BCUT2D eigenvalue weighted by Gasteiger charge is 2.09. The minimum Gasteiger partial charge on any atom is -0.478 e. The zero-order chi connectivity index (χ0) is 22.1. The van der Waals surface area contributed by atoms with Crippen molar-refractivity contribution in [3.63, 3.8) is 0 Å². The lowest BCUT2D eigenvalue weighted by Crippen LogP contribution is -2.14. The lowest BCUT2D eigenvalue weighted by molar-refractivity contribution is -0.134. The van der Waals surface area contributed by atoms with E-state index >= 15 is 0 Å². The number of carboxylic acids is 2. The second kappa shape index (κ2) is 10.9. The molecule has 10 nitrogen and oxygen atoms in total. The minimum atomic E-state index is -1.26. The number of aliphatic carboxylic acids is 2. The molecule has 2 aromatic heterocycles. The van der Waals surface area contributed by atoms with Crippen LogP contribution in [0.25, 0.3) is 10.9 Å². The standard InChI is InChI=1S/C16H21N5O.C4H4O4/c1-19(2)6-5-14-9-20(12-22)16-4-3-13(7-15(14)16)8-21-11-17-10-18-21;5-3(6)1-2-4(7)8/h3-4,7,9-11,22H,5-6,8,12H2,1-2H3;1-2H,(H,5,6)(H,7,8). The maximum atomic E-state index is 9.55. The van der Waals surface area contributed by atoms with Crippen LogP contribution in [0, 0.1) is 0 Å². The average molecular weight is 415 g/mol. The van der Waals surface area contributed by atoms with E-state index < -0.39 is 11.9 Å². The van der Waals surface area contributed by atoms with Gasteiger partial charge < -0.3 is 24.8 Å². The van der Waals surface area contributed by atoms with Crippen LogP contribution >= 0.6 is 0 Å². The Bertz CT molecular complexity index is 992. The van der Waals surface area contributed by atoms with Gasteiger partial charge in [-0.15, -0.1) is 0 Å². The van der Waals surface area contributed by atoms with E-state index in [0.29, 0.717) is 18.7 Å². The van der Waals surface area contributed by atoms with E-state index in [1.54, 1.807) is 12.7 Å². The number of hydrogen-bond donors (Lipinski definition) is 3. The predicted molar refractivity (Wildman–Crippen MR) is 110 cm³/mol. The second-order valence-electron chi connectivity index (χ2n) is 6.77. The number of nitrogens with zero attached hydrogens (tertiary/aromatic N) is 5. The van der Waals surface area contributed by atoms with E-state index in [1.165, 1.54) is 16.5 Å². The molecule has 1 aromatic carbocycles. The third-order valence-electron chi connectivity index (χ3n) is 4.19. The van der Waals surface area contributed by atoms with Crippen LogP contribution in [0.1, 0.15) is 11.1 Å². The van der Waals surface area contributed by atoms with E-state index in [0.717, 1.165) is 18.5 Å². The third kappa shape index (κ3) is 6.83. The quantitative estimate of drug-likeness (QED) is 0.465. The first-order chi connectivity index (χ1) is 14.3. The molecular formula is C20H25N5O5. The van der Waals surface area contributed by atoms with Gasteiger partial charge in [0.05, 0.1) is 12.1 Å². The molecule has 0 saturated carbocycles. The van der Waals surface area contributed by atoms with Gasteiger partial charge in [-0.1, -0.05) is 6.07 Å². The molecule has 30 heavy (non-hydrogen) atoms. The molecule has 0 atom stereocenters. The van der Waals surface area contributed by atoms with Crippen LogP contribution in [0.15, 0.2) is 49.2 Å². The fraction of sp³-hybridized carbons (Fsp3) is 0.300. The molecule has 3 aromatic rings. The molecule has 0 aliphatic heterocycles. The maximum absolute atomic E-state index is 9.55. The topological polar surface area (TPSA) is 134 Å². The van der Waals surface area contributed by atoms with Gasteiger partial charge in [0.25, 0.3) is 0 Å². The molecule has 0 amide bonds. The number of rotatable bonds is 8. The Labute approximate surface area is 173 Å². The van der Waals surface area contributed by atoms with Crippen molar-refractivity contribution in [2.45, 2.75) is 19.7 Å². The summed E-state index contributed by atoms with van der Waals surface area (Å²) in [4.78, 5) is 25.2. The molecule has 160 valence electrons. The summed E-state index contributed by atoms with van der Waals surface area (Å²) >= 11 is 0. The lowest BCUT2D eigenvalue weighted by Gasteiger charge is -2.08. The van der Waals surface area contributed by atoms with E-state index in [1.807, 2.05) is 15.4 Å². The van der Waals surface area contributed by atoms with Crippen molar-refractivity contribution < 1.29 is 24.9 Å². The first-order valence-corrected chi connectivity index (χ1v) is 9.12. The number of hydrogen-bond acceptors (Lipinski definition) is 6. The summed E-state index contributed by atoms with van der Waals surface area (Å²) in [5.74, 6) is -2.51. The van der Waals surface area contributed by atoms with Crippen LogP contribution < -0.4 is 0 Å². The molecule has 0 bridgehead atoms. The minimum absolute atomic E-state index is 0.000880. The zero-order valence-corrected chi connectivity index (χ0v) is 16.8. The van der Waals surface area contributed by atoms with Crippen molar-refractivity contribution in [3.05, 3.63) is 60.3 Å². The van der Waals surface area contributed by atoms with Gasteiger partial charge in [-0.2, -0.15) is 5.10 Å². The van der Waals surface area contributed by atoms with Gasteiger partial charge in [0.2, 0.25) is 0 Å². The number of fused-ring (bicyclic) bond motifs is 1. The molecule has 2 heterocycles. The van der Waals surface area contributed by atoms with Gasteiger partial charge >= 0.3 is 11.9 Å². The summed E-state index contributed by atoms with van der Waals surface area (Å²) in [6.07, 6.45) is 7.39. The van der Waals surface area contributed by atoms with E-state index in [4.69, 9.17) is 10.2 Å². The SMILES string of the molecule is CN(C)CCc1cn(CO)c2ccc(Cn3cncn3)cc12.O=C(O)C=CC(=O)O. The summed E-state index contributed by atoms with van der Waals surface area (Å²) in [5.41, 5.74) is 3.51. The molecule has 0 aliphatic rings. The molecule has 10 heteroatoms. The monoisotopic (exact) mass is 415 g/mol. The molecule has 0 fully saturated rings. The van der Waals surface area contributed by atoms with Crippen LogP contribution in [-0.4, -0.2) is 72.1 Å². The predicted octanol–water partition coefficient (Wildman–Crippen LogP) is 1.05. The van der Waals surface area contributed by atoms with Crippen LogP contribution in [-0.2, 0) is 29.3 Å². The smallest absolute Gasteiger partial charge is 0.328 e. The molecule has 0 aliphatic carbocycles. The number of aromatic nitrogens is 4. The van der Waals surface area contributed by atoms with Crippen LogP contribution in [0.4, 0.5) is 0 Å². The average Bonchev–Trinajstić information content (AvgIpc) is 3.32. The Kier molecular flexibility index (Phi) is 8.27. The first kappa shape index (κ1) is 22.8. The second-order valence-corrected chi connectivity index (χ2v) is 6.77. The highest BCUT2D eigenvalue weighted by molar-refractivity contribution is 5.89. The fourth-order valence-electron chi connectivity index (χ4n) is 2.82. The van der Waals surface area contributed by atoms with E-state index in [2.05, 4.69) is 47.3 Å². The van der Waals surface area contributed by atoms with Crippen molar-refractivity contribution in [3.8, 4) is 0 Å². The van der Waals surface area contributed by atoms with E-state index in [9.17, 15) is 14.7 Å². The molecule has 3 N–H and O–H groups in total. The third-order valence-corrected chi connectivity index (χ3v) is 4.19. The Hall–Kier alpha value is -3.50. The number of likely N-dealkylation sites (N-methyl/N-ethyl adjacent to an activating group) is 1. The Morgan fingerprint density at radius 2 is 1.87 bits per heavy atom. The summed E-state index contributed by atoms with van der Waals surface area (Å²) in [6, 6.07) is 6.33. The van der Waals surface area contributed by atoms with Gasteiger partial charge in [-0.3, -0.25) is 0 Å². The van der Waals surface area contributed by atoms with Gasteiger partial charge in [0.1, 0.15) is 19.4 Å². The maximum Gasteiger partial charge on any atom is 0.328 e. The van der Waals surface area contributed by atoms with Crippen molar-refractivity contribution >= 4 is 22.8 Å². The van der Waals surface area contributed by atoms with Gasteiger partial charge in [0, 0.05) is 30.3 Å². The van der Waals surface area contributed by atoms with Gasteiger partial charge in [-0.05, 0) is 43.8 Å². The molecular weight excluding hydrogens is 390 g/mol. The molecule has 0 radical (unpaired) electrons. The number of aliphatic hydroxyl groups is 1. The molecule has 0 unspecified atom stereocenters. The molecule has 0 saturated heterocycles. The van der Waals surface area contributed by atoms with Crippen molar-refractivity contribution in [2.24, 2.45) is 0 Å². The van der Waals surface area contributed by atoms with Crippen molar-refractivity contribution in [1.29, 1.82) is 0 Å². The van der Waals surface area contributed by atoms with Crippen LogP contribution in [0.5, 0.6) is 0 Å². The highest BCUT2D eigenvalue weighted by Crippen LogP contribution is 2.24. The number of carboxylic acid groups (broad SMARTS) is 2. The summed E-state index contributed by atoms with van der Waals surface area (Å²) in [7, 11) is 4.14. The summed E-state index contributed by atoms with van der Waals surface area (Å²) < 4.78 is 3.70. The number of aliphatic hydroxyl groups excluding tert-OH is 1. The highest BCUT2D eigenvalue weighted by atomic mass is 16.4. The van der Waals surface area contributed by atoms with Crippen LogP contribution in [0.3, 0.4) is 0 Å². The fourth-order valence-corrected chi connectivity index (χ4v) is 2.82. The number of carbonyl (C=O) groups is 2. The Morgan fingerprint density at radius 1 is 1.17 bits per heavy atom. The summed E-state index contributed by atoms with van der Waals surface area (Å²) in [5, 5.41) is 30.5. The van der Waals surface area contributed by atoms with Gasteiger partial charge in [0.15, 0.2) is 0 Å². The van der Waals surface area contributed by atoms with Crippen LogP contribution in [0.2, 0.25) is 0 Å². The zero-order valence-electron chi connectivity index (χ0n) is 16.8. The lowest BCUT2D eigenvalue weighted by atomic mass is 10.1.